The van der Waals surface area contributed by atoms with E-state index in [4.69, 9.17) is 9.47 Å². The molecule has 6 heteroatoms. The zero-order valence-electron chi connectivity index (χ0n) is 9.37. The summed E-state index contributed by atoms with van der Waals surface area (Å²) in [7, 11) is 2.73. The van der Waals surface area contributed by atoms with E-state index in [1.54, 1.807) is 0 Å². The Morgan fingerprint density at radius 2 is 2.06 bits per heavy atom. The standard InChI is InChI=1S/C11H11F2NO3/c1-16-9-4-7(11(12)13)3-8(5-14-6-15)10(9)17-2/h3-4,11H,5H2,1-2H3. The number of hydrogen-bond acceptors (Lipinski definition) is 4. The lowest BCUT2D eigenvalue weighted by atomic mass is 10.1. The van der Waals surface area contributed by atoms with Crippen molar-refractivity contribution in [3.63, 3.8) is 0 Å². The second-order valence-electron chi connectivity index (χ2n) is 3.12. The van der Waals surface area contributed by atoms with Crippen LogP contribution >= 0.6 is 0 Å². The van der Waals surface area contributed by atoms with E-state index in [9.17, 15) is 13.6 Å². The molecule has 0 atom stereocenters. The van der Waals surface area contributed by atoms with Gasteiger partial charge in [0.25, 0.3) is 6.43 Å². The zero-order valence-corrected chi connectivity index (χ0v) is 9.37. The Balaban J connectivity index is 3.30. The smallest absolute Gasteiger partial charge is 0.263 e. The van der Waals surface area contributed by atoms with Crippen LogP contribution in [0, 0.1) is 0 Å². The van der Waals surface area contributed by atoms with E-state index in [2.05, 4.69) is 4.99 Å². The van der Waals surface area contributed by atoms with E-state index < -0.39 is 6.43 Å². The van der Waals surface area contributed by atoms with Crippen LogP contribution in [-0.2, 0) is 11.3 Å². The number of nitrogens with zero attached hydrogens (tertiary/aromatic N) is 1. The molecule has 0 amide bonds. The van der Waals surface area contributed by atoms with Gasteiger partial charge in [0.15, 0.2) is 11.5 Å². The average molecular weight is 243 g/mol. The molecule has 0 N–H and O–H groups in total. The van der Waals surface area contributed by atoms with Gasteiger partial charge in [-0.15, -0.1) is 0 Å². The fourth-order valence-electron chi connectivity index (χ4n) is 1.43. The molecule has 0 saturated heterocycles. The molecule has 0 saturated carbocycles. The molecule has 0 spiro atoms. The number of halogens is 2. The van der Waals surface area contributed by atoms with Crippen molar-refractivity contribution in [1.29, 1.82) is 0 Å². The normalized spacial score (nSPS) is 9.94. The predicted molar refractivity (Wildman–Crippen MR) is 56.3 cm³/mol. The molecule has 4 nitrogen and oxygen atoms in total. The summed E-state index contributed by atoms with van der Waals surface area (Å²) in [5, 5.41) is 0. The van der Waals surface area contributed by atoms with Gasteiger partial charge in [-0.3, -0.25) is 0 Å². The van der Waals surface area contributed by atoms with Crippen molar-refractivity contribution >= 4 is 6.08 Å². The first kappa shape index (κ1) is 13.1. The van der Waals surface area contributed by atoms with Gasteiger partial charge in [-0.1, -0.05) is 0 Å². The third-order valence-corrected chi connectivity index (χ3v) is 2.14. The number of methoxy groups -OCH3 is 2. The maximum absolute atomic E-state index is 12.6. The van der Waals surface area contributed by atoms with Gasteiger partial charge in [-0.25, -0.2) is 18.6 Å². The molecule has 1 rings (SSSR count). The van der Waals surface area contributed by atoms with Gasteiger partial charge in [0, 0.05) is 11.1 Å². The van der Waals surface area contributed by atoms with E-state index in [1.165, 1.54) is 32.4 Å². The van der Waals surface area contributed by atoms with Gasteiger partial charge in [0.2, 0.25) is 6.08 Å². The van der Waals surface area contributed by atoms with Crippen LogP contribution in [0.25, 0.3) is 0 Å². The fraction of sp³-hybridized carbons (Fsp3) is 0.364. The van der Waals surface area contributed by atoms with E-state index >= 15 is 0 Å². The van der Waals surface area contributed by atoms with Gasteiger partial charge in [0.1, 0.15) is 0 Å². The third-order valence-electron chi connectivity index (χ3n) is 2.14. The number of aliphatic imine (C=N–C) groups is 1. The Labute approximate surface area is 96.9 Å². The summed E-state index contributed by atoms with van der Waals surface area (Å²) in [4.78, 5) is 13.4. The second-order valence-corrected chi connectivity index (χ2v) is 3.12. The topological polar surface area (TPSA) is 47.9 Å². The molecule has 0 aliphatic carbocycles. The van der Waals surface area contributed by atoms with Crippen LogP contribution in [-0.4, -0.2) is 20.3 Å². The highest BCUT2D eigenvalue weighted by Gasteiger charge is 2.16. The quantitative estimate of drug-likeness (QED) is 0.589. The van der Waals surface area contributed by atoms with Crippen molar-refractivity contribution < 1.29 is 23.0 Å². The first-order valence-electron chi connectivity index (χ1n) is 4.70. The lowest BCUT2D eigenvalue weighted by molar-refractivity contribution is 0.150. The molecular formula is C11H11F2NO3. The van der Waals surface area contributed by atoms with Crippen LogP contribution in [0.5, 0.6) is 11.5 Å². The summed E-state index contributed by atoms with van der Waals surface area (Å²) in [6, 6.07) is 2.42. The number of benzene rings is 1. The Hall–Kier alpha value is -1.94. The van der Waals surface area contributed by atoms with Crippen molar-refractivity contribution in [3.05, 3.63) is 23.3 Å². The van der Waals surface area contributed by atoms with E-state index in [1.807, 2.05) is 0 Å². The largest absolute Gasteiger partial charge is 0.493 e. The average Bonchev–Trinajstić information content (AvgIpc) is 2.34. The number of hydrogen-bond donors (Lipinski definition) is 0. The highest BCUT2D eigenvalue weighted by Crippen LogP contribution is 2.36. The van der Waals surface area contributed by atoms with Gasteiger partial charge in [-0.2, -0.15) is 0 Å². The predicted octanol–water partition coefficient (Wildman–Crippen LogP) is 2.48. The van der Waals surface area contributed by atoms with Crippen LogP contribution in [0.3, 0.4) is 0 Å². The molecule has 1 aromatic rings. The second kappa shape index (κ2) is 5.96. The van der Waals surface area contributed by atoms with Crippen molar-refractivity contribution in [2.45, 2.75) is 13.0 Å². The van der Waals surface area contributed by atoms with Crippen LogP contribution in [0.2, 0.25) is 0 Å². The Bertz CT molecular complexity index is 443. The van der Waals surface area contributed by atoms with Gasteiger partial charge < -0.3 is 9.47 Å². The summed E-state index contributed by atoms with van der Waals surface area (Å²) >= 11 is 0. The number of rotatable bonds is 5. The number of ether oxygens (including phenoxy) is 2. The van der Waals surface area contributed by atoms with Gasteiger partial charge in [0.05, 0.1) is 20.8 Å². The first-order valence-corrected chi connectivity index (χ1v) is 4.70. The number of isocyanates is 1. The molecule has 0 bridgehead atoms. The summed E-state index contributed by atoms with van der Waals surface area (Å²) in [5.74, 6) is 0.470. The minimum atomic E-state index is -2.63. The lowest BCUT2D eigenvalue weighted by Gasteiger charge is -2.13. The molecule has 0 aromatic heterocycles. The molecule has 92 valence electrons. The monoisotopic (exact) mass is 243 g/mol. The molecule has 0 unspecified atom stereocenters. The molecule has 0 fully saturated rings. The maximum atomic E-state index is 12.6. The minimum absolute atomic E-state index is 0.0798. The van der Waals surface area contributed by atoms with Crippen molar-refractivity contribution in [1.82, 2.24) is 0 Å². The Morgan fingerprint density at radius 3 is 2.53 bits per heavy atom. The fourth-order valence-corrected chi connectivity index (χ4v) is 1.43. The molecule has 0 radical (unpaired) electrons. The summed E-state index contributed by atoms with van der Waals surface area (Å²) in [6.45, 7) is -0.0798. The molecule has 0 aliphatic heterocycles. The zero-order chi connectivity index (χ0) is 12.8. The summed E-state index contributed by atoms with van der Waals surface area (Å²) in [6.07, 6.45) is -1.29. The summed E-state index contributed by atoms with van der Waals surface area (Å²) in [5.41, 5.74) is 0.143. The maximum Gasteiger partial charge on any atom is 0.263 e. The Kier molecular flexibility index (Phi) is 4.60. The van der Waals surface area contributed by atoms with E-state index in [-0.39, 0.29) is 23.6 Å². The molecule has 17 heavy (non-hydrogen) atoms. The first-order chi connectivity index (χ1) is 8.13. The van der Waals surface area contributed by atoms with Crippen LogP contribution in [0.1, 0.15) is 17.6 Å². The Morgan fingerprint density at radius 1 is 1.35 bits per heavy atom. The van der Waals surface area contributed by atoms with Crippen molar-refractivity contribution in [3.8, 4) is 11.5 Å². The minimum Gasteiger partial charge on any atom is -0.493 e. The van der Waals surface area contributed by atoms with E-state index in [0.29, 0.717) is 5.56 Å². The van der Waals surface area contributed by atoms with Crippen LogP contribution < -0.4 is 9.47 Å². The van der Waals surface area contributed by atoms with E-state index in [0.717, 1.165) is 0 Å². The van der Waals surface area contributed by atoms with Crippen LogP contribution in [0.4, 0.5) is 8.78 Å². The third kappa shape index (κ3) is 3.01. The molecule has 0 aliphatic rings. The SMILES string of the molecule is COc1cc(C(F)F)cc(CN=C=O)c1OC. The van der Waals surface area contributed by atoms with Crippen molar-refractivity contribution in [2.75, 3.05) is 14.2 Å². The number of carbonyl (C=O) groups excluding carboxylic acids is 1. The van der Waals surface area contributed by atoms with Crippen molar-refractivity contribution in [2.24, 2.45) is 4.99 Å². The molecule has 0 heterocycles. The highest BCUT2D eigenvalue weighted by atomic mass is 19.3. The molecule has 1 aromatic carbocycles. The number of alkyl halides is 2. The summed E-state index contributed by atoms with van der Waals surface area (Å²) < 4.78 is 35.2. The lowest BCUT2D eigenvalue weighted by Crippen LogP contribution is -1.98. The highest BCUT2D eigenvalue weighted by molar-refractivity contribution is 5.50. The van der Waals surface area contributed by atoms with Crippen LogP contribution in [0.15, 0.2) is 17.1 Å². The van der Waals surface area contributed by atoms with Gasteiger partial charge in [-0.05, 0) is 12.1 Å². The van der Waals surface area contributed by atoms with Gasteiger partial charge >= 0.3 is 0 Å². The molecular weight excluding hydrogens is 232 g/mol.